The van der Waals surface area contributed by atoms with Crippen LogP contribution in [0.3, 0.4) is 0 Å². The van der Waals surface area contributed by atoms with Gasteiger partial charge in [0, 0.05) is 32.9 Å². The third-order valence-electron chi connectivity index (χ3n) is 4.60. The van der Waals surface area contributed by atoms with E-state index in [9.17, 15) is 13.2 Å². The van der Waals surface area contributed by atoms with Crippen LogP contribution in [0.25, 0.3) is 0 Å². The van der Waals surface area contributed by atoms with Gasteiger partial charge in [0.05, 0.1) is 12.2 Å². The predicted octanol–water partition coefficient (Wildman–Crippen LogP) is 1.18. The number of piperidine rings is 1. The molecule has 8 heteroatoms. The maximum Gasteiger partial charge on any atom is 0.262 e. The number of sulfonamides is 1. The number of amides is 1. The molecule has 1 aromatic carbocycles. The molecule has 2 aromatic rings. The highest BCUT2D eigenvalue weighted by atomic mass is 32.2. The highest BCUT2D eigenvalue weighted by Gasteiger charge is 2.34. The third kappa shape index (κ3) is 4.31. The van der Waals surface area contributed by atoms with E-state index in [4.69, 9.17) is 0 Å². The number of carbonyl (C=O) groups is 1. The second-order valence-corrected chi connectivity index (χ2v) is 8.49. The summed E-state index contributed by atoms with van der Waals surface area (Å²) in [5, 5.41) is 2.97. The smallest absolute Gasteiger partial charge is 0.262 e. The van der Waals surface area contributed by atoms with Crippen LogP contribution in [0.2, 0.25) is 0 Å². The van der Waals surface area contributed by atoms with Crippen molar-refractivity contribution < 1.29 is 13.2 Å². The zero-order chi connectivity index (χ0) is 18.6. The van der Waals surface area contributed by atoms with E-state index >= 15 is 0 Å². The molecule has 1 N–H and O–H groups in total. The molecule has 3 rings (SSSR count). The molecule has 140 valence electrons. The van der Waals surface area contributed by atoms with Crippen LogP contribution in [0.1, 0.15) is 18.4 Å². The fraction of sp³-hybridized carbons (Fsp3) is 0.444. The van der Waals surface area contributed by atoms with Gasteiger partial charge in [-0.1, -0.05) is 30.3 Å². The van der Waals surface area contributed by atoms with E-state index in [1.54, 1.807) is 11.6 Å². The molecular formula is C18H24N4O3S. The first-order chi connectivity index (χ1) is 12.5. The number of hydrogen-bond donors (Lipinski definition) is 1. The number of aryl methyl sites for hydroxylation is 1. The maximum absolute atomic E-state index is 12.7. The van der Waals surface area contributed by atoms with E-state index in [0.29, 0.717) is 25.9 Å². The van der Waals surface area contributed by atoms with Crippen molar-refractivity contribution >= 4 is 15.9 Å². The molecule has 1 aliphatic rings. The first-order valence-electron chi connectivity index (χ1n) is 8.76. The van der Waals surface area contributed by atoms with Crippen LogP contribution in [0.4, 0.5) is 0 Å². The van der Waals surface area contributed by atoms with Gasteiger partial charge >= 0.3 is 0 Å². The lowest BCUT2D eigenvalue weighted by Crippen LogP contribution is -2.45. The van der Waals surface area contributed by atoms with Gasteiger partial charge in [0.1, 0.15) is 0 Å². The molecule has 26 heavy (non-hydrogen) atoms. The van der Waals surface area contributed by atoms with Gasteiger partial charge in [-0.2, -0.15) is 4.31 Å². The van der Waals surface area contributed by atoms with Gasteiger partial charge in [0.2, 0.25) is 5.91 Å². The predicted molar refractivity (Wildman–Crippen MR) is 97.8 cm³/mol. The van der Waals surface area contributed by atoms with Crippen LogP contribution >= 0.6 is 0 Å². The molecule has 7 nitrogen and oxygen atoms in total. The Morgan fingerprint density at radius 1 is 1.31 bits per heavy atom. The highest BCUT2D eigenvalue weighted by Crippen LogP contribution is 2.23. The summed E-state index contributed by atoms with van der Waals surface area (Å²) in [4.78, 5) is 16.4. The number of imidazole rings is 1. The molecule has 0 spiro atoms. The first-order valence-corrected chi connectivity index (χ1v) is 10.2. The van der Waals surface area contributed by atoms with Crippen molar-refractivity contribution in [2.45, 2.75) is 24.3 Å². The zero-order valence-electron chi connectivity index (χ0n) is 14.8. The van der Waals surface area contributed by atoms with Gasteiger partial charge in [0.15, 0.2) is 5.03 Å². The van der Waals surface area contributed by atoms with Crippen molar-refractivity contribution in [1.82, 2.24) is 19.2 Å². The maximum atomic E-state index is 12.7. The summed E-state index contributed by atoms with van der Waals surface area (Å²) >= 11 is 0. The zero-order valence-corrected chi connectivity index (χ0v) is 15.7. The lowest BCUT2D eigenvalue weighted by molar-refractivity contribution is -0.126. The van der Waals surface area contributed by atoms with Crippen LogP contribution in [-0.4, -0.2) is 47.8 Å². The Kier molecular flexibility index (Phi) is 5.73. The lowest BCUT2D eigenvalue weighted by atomic mass is 9.99. The summed E-state index contributed by atoms with van der Waals surface area (Å²) in [6.07, 6.45) is 5.08. The molecule has 0 bridgehead atoms. The number of benzene rings is 1. The van der Waals surface area contributed by atoms with E-state index < -0.39 is 10.0 Å². The second-order valence-electron chi connectivity index (χ2n) is 6.61. The molecular weight excluding hydrogens is 352 g/mol. The van der Waals surface area contributed by atoms with E-state index in [1.807, 2.05) is 30.3 Å². The fourth-order valence-corrected chi connectivity index (χ4v) is 4.64. The van der Waals surface area contributed by atoms with Crippen LogP contribution in [0.15, 0.2) is 47.9 Å². The van der Waals surface area contributed by atoms with Crippen LogP contribution < -0.4 is 5.32 Å². The highest BCUT2D eigenvalue weighted by molar-refractivity contribution is 7.89. The monoisotopic (exact) mass is 376 g/mol. The van der Waals surface area contributed by atoms with E-state index in [1.165, 1.54) is 16.8 Å². The second kappa shape index (κ2) is 8.01. The molecule has 0 unspecified atom stereocenters. The number of hydrogen-bond acceptors (Lipinski definition) is 4. The lowest BCUT2D eigenvalue weighted by Gasteiger charge is -2.30. The van der Waals surface area contributed by atoms with Crippen molar-refractivity contribution in [2.24, 2.45) is 13.0 Å². The van der Waals surface area contributed by atoms with Gasteiger partial charge in [-0.3, -0.25) is 4.79 Å². The van der Waals surface area contributed by atoms with Crippen LogP contribution in [0, 0.1) is 5.92 Å². The molecule has 1 fully saturated rings. The Morgan fingerprint density at radius 2 is 2.08 bits per heavy atom. The third-order valence-corrected chi connectivity index (χ3v) is 6.35. The topological polar surface area (TPSA) is 84.3 Å². The van der Waals surface area contributed by atoms with Crippen LogP contribution in [0.5, 0.6) is 0 Å². The van der Waals surface area contributed by atoms with E-state index in [0.717, 1.165) is 12.0 Å². The summed E-state index contributed by atoms with van der Waals surface area (Å²) in [7, 11) is -1.92. The number of aromatic nitrogens is 2. The molecule has 0 aliphatic carbocycles. The van der Waals surface area contributed by atoms with Crippen molar-refractivity contribution in [3.63, 3.8) is 0 Å². The van der Waals surface area contributed by atoms with E-state index in [-0.39, 0.29) is 23.4 Å². The molecule has 1 atom stereocenters. The number of carbonyl (C=O) groups excluding carboxylic acids is 1. The Labute approximate surface area is 154 Å². The molecule has 2 heterocycles. The first kappa shape index (κ1) is 18.6. The molecule has 1 amide bonds. The standard InChI is InChI=1S/C18H24N4O3S/c1-21-13-17(20-14-21)26(24,25)22-11-5-8-16(12-22)18(23)19-10-9-15-6-3-2-4-7-15/h2-4,6-7,13-14,16H,5,8-12H2,1H3,(H,19,23)/t16-/m0/s1. The minimum Gasteiger partial charge on any atom is -0.355 e. The Bertz CT molecular complexity index is 848. The SMILES string of the molecule is Cn1cnc(S(=O)(=O)N2CCC[C@H](C(=O)NCCc3ccccc3)C2)c1. The number of rotatable bonds is 6. The number of nitrogens with zero attached hydrogens (tertiary/aromatic N) is 3. The fourth-order valence-electron chi connectivity index (χ4n) is 3.15. The quantitative estimate of drug-likeness (QED) is 0.820. The van der Waals surface area contributed by atoms with Crippen molar-refractivity contribution in [1.29, 1.82) is 0 Å². The normalized spacial score (nSPS) is 18.6. The minimum atomic E-state index is -3.65. The summed E-state index contributed by atoms with van der Waals surface area (Å²) < 4.78 is 28.3. The van der Waals surface area contributed by atoms with Gasteiger partial charge in [-0.15, -0.1) is 0 Å². The van der Waals surface area contributed by atoms with Crippen molar-refractivity contribution in [2.75, 3.05) is 19.6 Å². The van der Waals surface area contributed by atoms with Gasteiger partial charge in [-0.25, -0.2) is 13.4 Å². The van der Waals surface area contributed by atoms with Gasteiger partial charge in [0.25, 0.3) is 10.0 Å². The molecule has 0 radical (unpaired) electrons. The van der Waals surface area contributed by atoms with Gasteiger partial charge in [-0.05, 0) is 24.8 Å². The Morgan fingerprint density at radius 3 is 2.77 bits per heavy atom. The average molecular weight is 376 g/mol. The summed E-state index contributed by atoms with van der Waals surface area (Å²) in [6, 6.07) is 9.94. The van der Waals surface area contributed by atoms with Crippen molar-refractivity contribution in [3.05, 3.63) is 48.4 Å². The van der Waals surface area contributed by atoms with E-state index in [2.05, 4.69) is 10.3 Å². The molecule has 1 saturated heterocycles. The summed E-state index contributed by atoms with van der Waals surface area (Å²) in [5.74, 6) is -0.403. The molecule has 0 saturated carbocycles. The number of nitrogens with one attached hydrogen (secondary N) is 1. The minimum absolute atomic E-state index is 0.0325. The van der Waals surface area contributed by atoms with Crippen LogP contribution in [-0.2, 0) is 28.3 Å². The van der Waals surface area contributed by atoms with Gasteiger partial charge < -0.3 is 9.88 Å². The largest absolute Gasteiger partial charge is 0.355 e. The molecule has 1 aromatic heterocycles. The summed E-state index contributed by atoms with van der Waals surface area (Å²) in [5.41, 5.74) is 1.16. The Balaban J connectivity index is 1.56. The molecule has 1 aliphatic heterocycles. The summed E-state index contributed by atoms with van der Waals surface area (Å²) in [6.45, 7) is 1.18. The average Bonchev–Trinajstić information content (AvgIpc) is 3.10. The van der Waals surface area contributed by atoms with Crippen molar-refractivity contribution in [3.8, 4) is 0 Å². The Hall–Kier alpha value is -2.19.